The molecule has 3 heteroatoms. The van der Waals surface area contributed by atoms with E-state index < -0.39 is 7.92 Å². The summed E-state index contributed by atoms with van der Waals surface area (Å²) in [7, 11) is -0.622. The third kappa shape index (κ3) is 3.30. The Kier molecular flexibility index (Phi) is 4.86. The van der Waals surface area contributed by atoms with Gasteiger partial charge < -0.3 is 4.42 Å². The van der Waals surface area contributed by atoms with Crippen LogP contribution in [0.2, 0.25) is 0 Å². The fraction of sp³-hybridized carbons (Fsp3) is 0.174. The zero-order chi connectivity index (χ0) is 17.9. The summed E-state index contributed by atoms with van der Waals surface area (Å²) in [6.07, 6.45) is 8.39. The van der Waals surface area contributed by atoms with E-state index in [1.54, 1.807) is 6.26 Å². The summed E-state index contributed by atoms with van der Waals surface area (Å²) in [6.45, 7) is 4.29. The molecule has 0 N–H and O–H groups in total. The number of hydrogen-bond donors (Lipinski definition) is 0. The molecule has 0 saturated heterocycles. The fourth-order valence-corrected chi connectivity index (χ4v) is 5.74. The normalized spacial score (nSPS) is 16.5. The van der Waals surface area contributed by atoms with Crippen molar-refractivity contribution in [3.8, 4) is 0 Å². The lowest BCUT2D eigenvalue weighted by atomic mass is 10.1. The molecule has 0 aliphatic heterocycles. The minimum Gasteiger partial charge on any atom is -0.448 e. The monoisotopic (exact) mass is 359 g/mol. The van der Waals surface area contributed by atoms with Gasteiger partial charge in [-0.2, -0.15) is 0 Å². The summed E-state index contributed by atoms with van der Waals surface area (Å²) >= 11 is 0. The quantitative estimate of drug-likeness (QED) is 0.565. The zero-order valence-electron chi connectivity index (χ0n) is 15.0. The Balaban J connectivity index is 1.75. The van der Waals surface area contributed by atoms with Crippen LogP contribution in [0.15, 0.2) is 94.9 Å². The number of benzene rings is 2. The molecule has 1 unspecified atom stereocenters. The maximum absolute atomic E-state index is 5.87. The Morgan fingerprint density at radius 3 is 2.08 bits per heavy atom. The molecule has 1 aromatic heterocycles. The molecule has 26 heavy (non-hydrogen) atoms. The van der Waals surface area contributed by atoms with Crippen LogP contribution in [0, 0.1) is 0 Å². The standard InChI is InChI=1S/C23H22NOP/c1-17(2)21-16-25-23(24-21)20-14-9-15-22(20)26(18-10-5-3-6-11-18)19-12-7-4-8-13-19/h3-17,20H,1-2H3. The second-order valence-corrected chi connectivity index (χ2v) is 8.95. The predicted octanol–water partition coefficient (Wildman–Crippen LogP) is 5.47. The van der Waals surface area contributed by atoms with Gasteiger partial charge in [-0.1, -0.05) is 92.7 Å². The third-order valence-electron chi connectivity index (χ3n) is 4.57. The molecule has 0 bridgehead atoms. The minimum atomic E-state index is -0.622. The number of rotatable bonds is 5. The highest BCUT2D eigenvalue weighted by molar-refractivity contribution is 7.76. The van der Waals surface area contributed by atoms with Crippen molar-refractivity contribution in [1.82, 2.24) is 4.98 Å². The van der Waals surface area contributed by atoms with Crippen LogP contribution in [0.1, 0.15) is 37.3 Å². The van der Waals surface area contributed by atoms with Crippen LogP contribution < -0.4 is 10.6 Å². The van der Waals surface area contributed by atoms with Gasteiger partial charge >= 0.3 is 0 Å². The first kappa shape index (κ1) is 17.0. The van der Waals surface area contributed by atoms with Gasteiger partial charge in [-0.3, -0.25) is 0 Å². The van der Waals surface area contributed by atoms with E-state index in [1.807, 2.05) is 0 Å². The summed E-state index contributed by atoms with van der Waals surface area (Å²) in [5.41, 5.74) is 1.02. The Labute approximate surface area is 156 Å². The lowest BCUT2D eigenvalue weighted by molar-refractivity contribution is 0.493. The SMILES string of the molecule is CC(C)c1coc(C2C=CC=C2P(c2ccccc2)c2ccccc2)n1. The Bertz CT molecular complexity index is 886. The number of oxazole rings is 1. The molecule has 1 aliphatic rings. The molecule has 0 radical (unpaired) electrons. The topological polar surface area (TPSA) is 26.0 Å². The van der Waals surface area contributed by atoms with Crippen molar-refractivity contribution in [2.75, 3.05) is 0 Å². The Hall–Kier alpha value is -2.44. The molecule has 1 aliphatic carbocycles. The van der Waals surface area contributed by atoms with Gasteiger partial charge in [-0.15, -0.1) is 0 Å². The molecular formula is C23H22NOP. The van der Waals surface area contributed by atoms with E-state index in [2.05, 4.69) is 92.7 Å². The largest absolute Gasteiger partial charge is 0.448 e. The lowest BCUT2D eigenvalue weighted by Crippen LogP contribution is -2.15. The summed E-state index contributed by atoms with van der Waals surface area (Å²) in [4.78, 5) is 4.76. The molecule has 2 aromatic carbocycles. The van der Waals surface area contributed by atoms with Gasteiger partial charge in [0.15, 0.2) is 0 Å². The molecule has 130 valence electrons. The molecule has 0 saturated carbocycles. The zero-order valence-corrected chi connectivity index (χ0v) is 15.9. The van der Waals surface area contributed by atoms with Crippen molar-refractivity contribution in [3.05, 3.63) is 102 Å². The van der Waals surface area contributed by atoms with Gasteiger partial charge in [-0.05, 0) is 29.8 Å². The maximum Gasteiger partial charge on any atom is 0.205 e. The van der Waals surface area contributed by atoms with Crippen LogP contribution in [0.5, 0.6) is 0 Å². The van der Waals surface area contributed by atoms with E-state index >= 15 is 0 Å². The number of hydrogen-bond acceptors (Lipinski definition) is 2. The van der Waals surface area contributed by atoms with E-state index in [0.717, 1.165) is 11.6 Å². The van der Waals surface area contributed by atoms with Crippen LogP contribution in [0.25, 0.3) is 0 Å². The molecular weight excluding hydrogens is 337 g/mol. The summed E-state index contributed by atoms with van der Waals surface area (Å²) < 4.78 is 5.87. The van der Waals surface area contributed by atoms with E-state index in [0.29, 0.717) is 5.92 Å². The van der Waals surface area contributed by atoms with Crippen LogP contribution in [-0.2, 0) is 0 Å². The minimum absolute atomic E-state index is 0.106. The average Bonchev–Trinajstić information content (AvgIpc) is 3.33. The van der Waals surface area contributed by atoms with Crippen LogP contribution in [0.4, 0.5) is 0 Å². The van der Waals surface area contributed by atoms with Crippen LogP contribution >= 0.6 is 7.92 Å². The first-order valence-corrected chi connectivity index (χ1v) is 10.3. The molecule has 1 heterocycles. The average molecular weight is 359 g/mol. The molecule has 4 rings (SSSR count). The summed E-state index contributed by atoms with van der Waals surface area (Å²) in [5, 5.41) is 4.07. The van der Waals surface area contributed by atoms with Crippen LogP contribution in [-0.4, -0.2) is 4.98 Å². The van der Waals surface area contributed by atoms with Gasteiger partial charge in [-0.25, -0.2) is 4.98 Å². The summed E-state index contributed by atoms with van der Waals surface area (Å²) in [6, 6.07) is 21.5. The molecule has 0 fully saturated rings. The third-order valence-corrected chi connectivity index (χ3v) is 7.15. The van der Waals surface area contributed by atoms with Crippen molar-refractivity contribution in [3.63, 3.8) is 0 Å². The van der Waals surface area contributed by atoms with Gasteiger partial charge in [0.05, 0.1) is 11.6 Å². The molecule has 0 spiro atoms. The summed E-state index contributed by atoms with van der Waals surface area (Å²) in [5.74, 6) is 1.28. The van der Waals surface area contributed by atoms with E-state index in [1.165, 1.54) is 15.9 Å². The van der Waals surface area contributed by atoms with E-state index in [-0.39, 0.29) is 5.92 Å². The van der Waals surface area contributed by atoms with E-state index in [4.69, 9.17) is 9.40 Å². The van der Waals surface area contributed by atoms with Crippen molar-refractivity contribution in [2.45, 2.75) is 25.7 Å². The van der Waals surface area contributed by atoms with Gasteiger partial charge in [0, 0.05) is 0 Å². The molecule has 3 aromatic rings. The second-order valence-electron chi connectivity index (χ2n) is 6.73. The van der Waals surface area contributed by atoms with E-state index in [9.17, 15) is 0 Å². The smallest absolute Gasteiger partial charge is 0.205 e. The van der Waals surface area contributed by atoms with Crippen LogP contribution in [0.3, 0.4) is 0 Å². The molecule has 0 amide bonds. The second kappa shape index (κ2) is 7.43. The van der Waals surface area contributed by atoms with Crippen molar-refractivity contribution < 1.29 is 4.42 Å². The number of allylic oxidation sites excluding steroid dienone is 4. The maximum atomic E-state index is 5.87. The lowest BCUT2D eigenvalue weighted by Gasteiger charge is -2.23. The Morgan fingerprint density at radius 1 is 0.923 bits per heavy atom. The predicted molar refractivity (Wildman–Crippen MR) is 110 cm³/mol. The highest BCUT2D eigenvalue weighted by Crippen LogP contribution is 2.52. The first-order valence-electron chi connectivity index (χ1n) is 8.98. The number of nitrogens with zero attached hydrogens (tertiary/aromatic N) is 1. The van der Waals surface area contributed by atoms with Gasteiger partial charge in [0.1, 0.15) is 6.26 Å². The highest BCUT2D eigenvalue weighted by Gasteiger charge is 2.30. The molecule has 2 nitrogen and oxygen atoms in total. The van der Waals surface area contributed by atoms with Crippen molar-refractivity contribution >= 4 is 18.5 Å². The van der Waals surface area contributed by atoms with Crippen molar-refractivity contribution in [1.29, 1.82) is 0 Å². The highest BCUT2D eigenvalue weighted by atomic mass is 31.1. The van der Waals surface area contributed by atoms with Gasteiger partial charge in [0.2, 0.25) is 5.89 Å². The first-order chi connectivity index (χ1) is 12.7. The van der Waals surface area contributed by atoms with Crippen molar-refractivity contribution in [2.24, 2.45) is 0 Å². The Morgan fingerprint density at radius 2 is 1.54 bits per heavy atom. The number of aromatic nitrogens is 1. The fourth-order valence-electron chi connectivity index (χ4n) is 3.20. The molecule has 1 atom stereocenters. The van der Waals surface area contributed by atoms with Gasteiger partial charge in [0.25, 0.3) is 0 Å².